The lowest BCUT2D eigenvalue weighted by Crippen LogP contribution is -2.46. The number of nitrogens with zero attached hydrogens (tertiary/aromatic N) is 4. The molecule has 2 N–H and O–H groups in total. The van der Waals surface area contributed by atoms with Crippen LogP contribution in [0.4, 0.5) is 23.1 Å². The molecule has 1 unspecified atom stereocenters. The van der Waals surface area contributed by atoms with Gasteiger partial charge in [-0.2, -0.15) is 4.98 Å². The Labute approximate surface area is 236 Å². The van der Waals surface area contributed by atoms with Crippen LogP contribution in [0.1, 0.15) is 37.2 Å². The fourth-order valence-corrected chi connectivity index (χ4v) is 6.68. The van der Waals surface area contributed by atoms with Crippen molar-refractivity contribution in [3.05, 3.63) is 59.2 Å². The number of anilines is 4. The van der Waals surface area contributed by atoms with Crippen molar-refractivity contribution in [3.63, 3.8) is 0 Å². The lowest BCUT2D eigenvalue weighted by Gasteiger charge is -2.41. The molecule has 208 valence electrons. The second-order valence-electron chi connectivity index (χ2n) is 10.5. The number of aromatic nitrogens is 2. The summed E-state index contributed by atoms with van der Waals surface area (Å²) in [6.07, 6.45) is 6.46. The van der Waals surface area contributed by atoms with Gasteiger partial charge in [0.25, 0.3) is 0 Å². The second kappa shape index (κ2) is 12.7. The van der Waals surface area contributed by atoms with Gasteiger partial charge >= 0.3 is 0 Å². The predicted octanol–water partition coefficient (Wildman–Crippen LogP) is 5.71. The summed E-state index contributed by atoms with van der Waals surface area (Å²) < 4.78 is 18.0. The normalized spacial score (nSPS) is 18.6. The van der Waals surface area contributed by atoms with Gasteiger partial charge in [0.2, 0.25) is 5.95 Å². The van der Waals surface area contributed by atoms with Crippen molar-refractivity contribution < 1.29 is 9.30 Å². The number of hydrogen-bond donors (Lipinski definition) is 2. The number of nitrogens with one attached hydrogen (secondary N) is 2. The standard InChI is InChI=1S/C29H38ClN6O2P/c1-35-14-12-22(13-15-35)36-16-10-20(11-17-36)21-8-9-24(26(18-21)38-2)33-29-31-19-23(30)28(34-29)32-25-6-4-5-7-27(25)39(3)37/h4-9,18-20,22,39H,10-17H2,1-3H3,(H2,31,32,33,34). The Kier molecular flexibility index (Phi) is 9.08. The van der Waals surface area contributed by atoms with E-state index in [1.165, 1.54) is 44.3 Å². The molecule has 0 amide bonds. The largest absolute Gasteiger partial charge is 0.495 e. The number of benzene rings is 2. The first kappa shape index (κ1) is 27.9. The highest BCUT2D eigenvalue weighted by Crippen LogP contribution is 2.36. The van der Waals surface area contributed by atoms with Gasteiger partial charge in [0.05, 0.1) is 24.7 Å². The molecular weight excluding hydrogens is 531 g/mol. The van der Waals surface area contributed by atoms with Gasteiger partial charge < -0.3 is 29.7 Å². The third kappa shape index (κ3) is 6.75. The Morgan fingerprint density at radius 2 is 1.74 bits per heavy atom. The Bertz CT molecular complexity index is 1310. The molecule has 8 nitrogen and oxygen atoms in total. The SMILES string of the molecule is COc1cc(C2CCN(C3CCN(C)CC3)CC2)ccc1Nc1ncc(Cl)c(Nc2ccccc2[PH](C)=O)n1. The number of para-hydroxylation sites is 1. The van der Waals surface area contributed by atoms with Crippen LogP contribution in [0.15, 0.2) is 48.7 Å². The molecule has 1 atom stereocenters. The first-order valence-electron chi connectivity index (χ1n) is 13.7. The Morgan fingerprint density at radius 1 is 1.00 bits per heavy atom. The van der Waals surface area contributed by atoms with E-state index < -0.39 is 7.80 Å². The Balaban J connectivity index is 1.26. The van der Waals surface area contributed by atoms with Gasteiger partial charge in [0.1, 0.15) is 18.6 Å². The van der Waals surface area contributed by atoms with Crippen LogP contribution in [-0.4, -0.2) is 72.8 Å². The summed E-state index contributed by atoms with van der Waals surface area (Å²) in [6, 6.07) is 14.6. The third-order valence-corrected chi connectivity index (χ3v) is 9.45. The lowest BCUT2D eigenvalue weighted by atomic mass is 9.87. The summed E-state index contributed by atoms with van der Waals surface area (Å²) in [4.78, 5) is 14.1. The van der Waals surface area contributed by atoms with E-state index in [9.17, 15) is 4.57 Å². The fraction of sp³-hybridized carbons (Fsp3) is 0.448. The van der Waals surface area contributed by atoms with Crippen molar-refractivity contribution in [3.8, 4) is 5.75 Å². The van der Waals surface area contributed by atoms with E-state index in [4.69, 9.17) is 16.3 Å². The van der Waals surface area contributed by atoms with Crippen molar-refractivity contribution in [2.75, 3.05) is 57.6 Å². The fourth-order valence-electron chi connectivity index (χ4n) is 5.69. The van der Waals surface area contributed by atoms with E-state index in [0.29, 0.717) is 22.7 Å². The van der Waals surface area contributed by atoms with Crippen molar-refractivity contribution in [2.24, 2.45) is 0 Å². The van der Waals surface area contributed by atoms with Gasteiger partial charge in [-0.25, -0.2) is 4.98 Å². The summed E-state index contributed by atoms with van der Waals surface area (Å²) in [5.41, 5.74) is 2.82. The van der Waals surface area contributed by atoms with Crippen LogP contribution in [-0.2, 0) is 4.57 Å². The van der Waals surface area contributed by atoms with Crippen LogP contribution in [0, 0.1) is 0 Å². The number of halogens is 1. The van der Waals surface area contributed by atoms with Gasteiger partial charge in [0, 0.05) is 11.3 Å². The maximum absolute atomic E-state index is 12.2. The number of likely N-dealkylation sites (tertiary alicyclic amines) is 2. The molecule has 5 rings (SSSR count). The number of ether oxygens (including phenoxy) is 1. The van der Waals surface area contributed by atoms with Crippen LogP contribution < -0.4 is 20.7 Å². The van der Waals surface area contributed by atoms with E-state index in [1.807, 2.05) is 30.3 Å². The average molecular weight is 569 g/mol. The number of methoxy groups -OCH3 is 1. The van der Waals surface area contributed by atoms with Crippen molar-refractivity contribution >= 4 is 47.8 Å². The molecule has 2 aromatic carbocycles. The summed E-state index contributed by atoms with van der Waals surface area (Å²) in [5.74, 6) is 2.12. The first-order valence-corrected chi connectivity index (χ1v) is 16.0. The van der Waals surface area contributed by atoms with Crippen LogP contribution in [0.3, 0.4) is 0 Å². The van der Waals surface area contributed by atoms with Crippen molar-refractivity contribution in [1.82, 2.24) is 19.8 Å². The molecule has 2 saturated heterocycles. The van der Waals surface area contributed by atoms with Crippen molar-refractivity contribution in [1.29, 1.82) is 0 Å². The van der Waals surface area contributed by atoms with Crippen LogP contribution >= 0.6 is 19.4 Å². The van der Waals surface area contributed by atoms with Crippen LogP contribution in [0.25, 0.3) is 0 Å². The first-order chi connectivity index (χ1) is 18.9. The number of piperidine rings is 2. The van der Waals surface area contributed by atoms with E-state index in [2.05, 4.69) is 49.6 Å². The molecule has 0 aliphatic carbocycles. The minimum absolute atomic E-state index is 0.375. The summed E-state index contributed by atoms with van der Waals surface area (Å²) in [6.45, 7) is 6.45. The van der Waals surface area contributed by atoms with Crippen LogP contribution in [0.2, 0.25) is 5.02 Å². The summed E-state index contributed by atoms with van der Waals surface area (Å²) in [7, 11) is 2.01. The van der Waals surface area contributed by atoms with E-state index >= 15 is 0 Å². The second-order valence-corrected chi connectivity index (χ2v) is 12.6. The van der Waals surface area contributed by atoms with Gasteiger partial charge in [-0.15, -0.1) is 0 Å². The van der Waals surface area contributed by atoms with E-state index in [0.717, 1.165) is 41.6 Å². The topological polar surface area (TPSA) is 82.6 Å². The molecule has 0 saturated carbocycles. The van der Waals surface area contributed by atoms with E-state index in [-0.39, 0.29) is 0 Å². The molecule has 39 heavy (non-hydrogen) atoms. The highest BCUT2D eigenvalue weighted by Gasteiger charge is 2.28. The molecule has 3 heterocycles. The lowest BCUT2D eigenvalue weighted by molar-refractivity contribution is 0.0966. The zero-order chi connectivity index (χ0) is 27.4. The van der Waals surface area contributed by atoms with E-state index in [1.54, 1.807) is 20.0 Å². The quantitative estimate of drug-likeness (QED) is 0.334. The minimum atomic E-state index is -1.90. The maximum Gasteiger partial charge on any atom is 0.229 e. The molecule has 2 aliphatic rings. The third-order valence-electron chi connectivity index (χ3n) is 7.98. The molecule has 0 radical (unpaired) electrons. The minimum Gasteiger partial charge on any atom is -0.495 e. The molecule has 3 aromatic rings. The Hall–Kier alpha value is -2.64. The van der Waals surface area contributed by atoms with Crippen molar-refractivity contribution in [2.45, 2.75) is 37.6 Å². The molecule has 0 bridgehead atoms. The number of hydrogen-bond acceptors (Lipinski definition) is 8. The van der Waals surface area contributed by atoms with Gasteiger partial charge in [0.15, 0.2) is 5.82 Å². The molecule has 1 aromatic heterocycles. The van der Waals surface area contributed by atoms with Crippen LogP contribution in [0.5, 0.6) is 5.75 Å². The molecule has 2 aliphatic heterocycles. The van der Waals surface area contributed by atoms with Gasteiger partial charge in [-0.1, -0.05) is 29.8 Å². The molecule has 0 spiro atoms. The monoisotopic (exact) mass is 568 g/mol. The highest BCUT2D eigenvalue weighted by molar-refractivity contribution is 7.53. The zero-order valence-corrected chi connectivity index (χ0v) is 24.7. The maximum atomic E-state index is 12.2. The van der Waals surface area contributed by atoms with Gasteiger partial charge in [-0.05, 0) is 101 Å². The van der Waals surface area contributed by atoms with Gasteiger partial charge in [-0.3, -0.25) is 0 Å². The smallest absolute Gasteiger partial charge is 0.229 e. The highest BCUT2D eigenvalue weighted by atomic mass is 35.5. The number of rotatable bonds is 8. The summed E-state index contributed by atoms with van der Waals surface area (Å²) >= 11 is 6.40. The summed E-state index contributed by atoms with van der Waals surface area (Å²) in [5, 5.41) is 7.63. The Morgan fingerprint density at radius 3 is 2.46 bits per heavy atom. The predicted molar refractivity (Wildman–Crippen MR) is 162 cm³/mol. The molecule has 2 fully saturated rings. The zero-order valence-electron chi connectivity index (χ0n) is 22.9. The molecule has 10 heteroatoms. The molecular formula is C29H38ClN6O2P. The average Bonchev–Trinajstić information content (AvgIpc) is 2.96.